The lowest BCUT2D eigenvalue weighted by molar-refractivity contribution is -0.112. The zero-order valence-electron chi connectivity index (χ0n) is 12.1. The van der Waals surface area contributed by atoms with E-state index in [4.69, 9.17) is 0 Å². The Morgan fingerprint density at radius 2 is 1.40 bits per heavy atom. The van der Waals surface area contributed by atoms with Gasteiger partial charge in [0.15, 0.2) is 23.3 Å². The summed E-state index contributed by atoms with van der Waals surface area (Å²) < 4.78 is 66.4. The minimum absolute atomic E-state index is 0.114. The number of anilines is 1. The van der Waals surface area contributed by atoms with Crippen molar-refractivity contribution in [1.82, 2.24) is 4.98 Å². The molecule has 1 heterocycles. The molecule has 0 radical (unpaired) electrons. The molecule has 128 valence electrons. The van der Waals surface area contributed by atoms with Crippen molar-refractivity contribution in [3.05, 3.63) is 65.1 Å². The van der Waals surface area contributed by atoms with Crippen molar-refractivity contribution in [3.63, 3.8) is 0 Å². The molecule has 0 bridgehead atoms. The Morgan fingerprint density at radius 1 is 0.840 bits per heavy atom. The van der Waals surface area contributed by atoms with Gasteiger partial charge in [0.2, 0.25) is 5.82 Å². The van der Waals surface area contributed by atoms with E-state index in [9.17, 15) is 31.5 Å². The summed E-state index contributed by atoms with van der Waals surface area (Å²) in [5.74, 6) is -14.1. The van der Waals surface area contributed by atoms with E-state index in [1.807, 2.05) is 0 Å². The Morgan fingerprint density at radius 3 is 2.04 bits per heavy atom. The zero-order chi connectivity index (χ0) is 18.3. The first-order valence-electron chi connectivity index (χ1n) is 6.76. The molecule has 4 nitrogen and oxygen atoms in total. The van der Waals surface area contributed by atoms with Crippen molar-refractivity contribution in [2.24, 2.45) is 0 Å². The molecule has 3 aromatic rings. The number of aromatic amines is 1. The van der Waals surface area contributed by atoms with Gasteiger partial charge in [-0.15, -0.1) is 0 Å². The maximum atomic E-state index is 13.6. The fourth-order valence-electron chi connectivity index (χ4n) is 2.27. The molecule has 0 aliphatic rings. The summed E-state index contributed by atoms with van der Waals surface area (Å²) in [6.07, 6.45) is 1.20. The van der Waals surface area contributed by atoms with E-state index >= 15 is 0 Å². The smallest absolute Gasteiger partial charge is 0.297 e. The summed E-state index contributed by atoms with van der Waals surface area (Å²) in [5, 5.41) is 1.80. The summed E-state index contributed by atoms with van der Waals surface area (Å²) in [6, 6.07) is 6.40. The third-order valence-corrected chi connectivity index (χ3v) is 3.49. The van der Waals surface area contributed by atoms with E-state index < -0.39 is 46.5 Å². The van der Waals surface area contributed by atoms with Crippen LogP contribution in [0.1, 0.15) is 10.4 Å². The lowest BCUT2D eigenvalue weighted by Crippen LogP contribution is -2.25. The van der Waals surface area contributed by atoms with Crippen LogP contribution >= 0.6 is 0 Å². The van der Waals surface area contributed by atoms with Crippen LogP contribution in [0.15, 0.2) is 30.5 Å². The Labute approximate surface area is 136 Å². The first kappa shape index (κ1) is 16.6. The van der Waals surface area contributed by atoms with Crippen LogP contribution < -0.4 is 5.32 Å². The highest BCUT2D eigenvalue weighted by Crippen LogP contribution is 2.27. The van der Waals surface area contributed by atoms with E-state index in [1.54, 1.807) is 18.2 Å². The molecule has 2 aromatic carbocycles. The lowest BCUT2D eigenvalue weighted by Gasteiger charge is -2.09. The van der Waals surface area contributed by atoms with Crippen molar-refractivity contribution >= 4 is 28.3 Å². The second-order valence-electron chi connectivity index (χ2n) is 4.98. The number of para-hydroxylation sites is 1. The summed E-state index contributed by atoms with van der Waals surface area (Å²) in [4.78, 5) is 26.8. The zero-order valence-corrected chi connectivity index (χ0v) is 12.1. The number of halogens is 5. The van der Waals surface area contributed by atoms with E-state index in [2.05, 4.69) is 4.98 Å². The van der Waals surface area contributed by atoms with Crippen molar-refractivity contribution in [3.8, 4) is 0 Å². The minimum Gasteiger partial charge on any atom is -0.360 e. The van der Waals surface area contributed by atoms with Gasteiger partial charge in [0.05, 0.1) is 5.56 Å². The number of rotatable bonds is 3. The third kappa shape index (κ3) is 2.63. The van der Waals surface area contributed by atoms with Gasteiger partial charge in [-0.2, -0.15) is 0 Å². The molecule has 0 aliphatic heterocycles. The SMILES string of the molecule is O=C(Nc1c(F)c(F)c(F)c(F)c1F)C(=O)c1c[nH]c2ccccc12. The number of amides is 1. The third-order valence-electron chi connectivity index (χ3n) is 3.49. The van der Waals surface area contributed by atoms with Crippen LogP contribution in [0, 0.1) is 29.1 Å². The van der Waals surface area contributed by atoms with Gasteiger partial charge in [0.25, 0.3) is 11.7 Å². The molecular weight excluding hydrogens is 347 g/mol. The van der Waals surface area contributed by atoms with Gasteiger partial charge in [-0.3, -0.25) is 9.59 Å². The van der Waals surface area contributed by atoms with Gasteiger partial charge in [-0.25, -0.2) is 22.0 Å². The van der Waals surface area contributed by atoms with Gasteiger partial charge in [0.1, 0.15) is 5.69 Å². The van der Waals surface area contributed by atoms with Gasteiger partial charge >= 0.3 is 0 Å². The summed E-state index contributed by atoms with van der Waals surface area (Å²) in [7, 11) is 0. The van der Waals surface area contributed by atoms with Crippen molar-refractivity contribution in [2.45, 2.75) is 0 Å². The first-order chi connectivity index (χ1) is 11.8. The molecule has 9 heteroatoms. The number of benzene rings is 2. The van der Waals surface area contributed by atoms with E-state index in [0.29, 0.717) is 10.9 Å². The number of ketones is 1. The molecule has 1 aromatic heterocycles. The van der Waals surface area contributed by atoms with Crippen LogP contribution in [-0.2, 0) is 4.79 Å². The number of fused-ring (bicyclic) bond motifs is 1. The first-order valence-corrected chi connectivity index (χ1v) is 6.76. The average Bonchev–Trinajstić information content (AvgIpc) is 3.05. The normalized spacial score (nSPS) is 10.9. The highest BCUT2D eigenvalue weighted by Gasteiger charge is 2.29. The van der Waals surface area contributed by atoms with Crippen molar-refractivity contribution in [2.75, 3.05) is 5.32 Å². The van der Waals surface area contributed by atoms with E-state index in [1.165, 1.54) is 17.6 Å². The Bertz CT molecular complexity index is 1000. The number of carbonyl (C=O) groups is 2. The van der Waals surface area contributed by atoms with E-state index in [0.717, 1.165) is 0 Å². The quantitative estimate of drug-likeness (QED) is 0.248. The second kappa shape index (κ2) is 6.00. The van der Waals surface area contributed by atoms with Gasteiger partial charge < -0.3 is 10.3 Å². The van der Waals surface area contributed by atoms with Crippen molar-refractivity contribution < 1.29 is 31.5 Å². The average molecular weight is 354 g/mol. The topological polar surface area (TPSA) is 62.0 Å². The van der Waals surface area contributed by atoms with Crippen LogP contribution in [-0.4, -0.2) is 16.7 Å². The largest absolute Gasteiger partial charge is 0.360 e. The number of H-pyrrole nitrogens is 1. The number of aromatic nitrogens is 1. The number of Topliss-reactive ketones (excluding diaryl/α,β-unsaturated/α-hetero) is 1. The van der Waals surface area contributed by atoms with Gasteiger partial charge in [-0.05, 0) is 6.07 Å². The Hall–Kier alpha value is -3.23. The van der Waals surface area contributed by atoms with Crippen LogP contribution in [0.3, 0.4) is 0 Å². The van der Waals surface area contributed by atoms with Gasteiger partial charge in [-0.1, -0.05) is 18.2 Å². The summed E-state index contributed by atoms with van der Waals surface area (Å²) >= 11 is 0. The fourth-order valence-corrected chi connectivity index (χ4v) is 2.27. The number of carbonyl (C=O) groups excluding carboxylic acids is 2. The van der Waals surface area contributed by atoms with E-state index in [-0.39, 0.29) is 5.56 Å². The molecular formula is C16H7F5N2O2. The minimum atomic E-state index is -2.36. The van der Waals surface area contributed by atoms with Crippen LogP contribution in [0.4, 0.5) is 27.6 Å². The Kier molecular flexibility index (Phi) is 3.99. The highest BCUT2D eigenvalue weighted by molar-refractivity contribution is 6.48. The number of nitrogens with one attached hydrogen (secondary N) is 2. The molecule has 1 amide bonds. The van der Waals surface area contributed by atoms with Crippen LogP contribution in [0.5, 0.6) is 0 Å². The predicted octanol–water partition coefficient (Wildman–Crippen LogP) is 3.68. The molecule has 0 unspecified atom stereocenters. The summed E-state index contributed by atoms with van der Waals surface area (Å²) in [5.41, 5.74) is -1.18. The molecule has 0 aliphatic carbocycles. The maximum Gasteiger partial charge on any atom is 0.297 e. The molecule has 0 saturated carbocycles. The fraction of sp³-hybridized carbons (Fsp3) is 0. The molecule has 0 atom stereocenters. The monoisotopic (exact) mass is 354 g/mol. The predicted molar refractivity (Wildman–Crippen MR) is 77.5 cm³/mol. The number of hydrogen-bond donors (Lipinski definition) is 2. The maximum absolute atomic E-state index is 13.6. The molecule has 0 saturated heterocycles. The molecule has 0 fully saturated rings. The van der Waals surface area contributed by atoms with Crippen molar-refractivity contribution in [1.29, 1.82) is 0 Å². The highest BCUT2D eigenvalue weighted by atomic mass is 19.2. The summed E-state index contributed by atoms with van der Waals surface area (Å²) in [6.45, 7) is 0. The van der Waals surface area contributed by atoms with Crippen LogP contribution in [0.25, 0.3) is 10.9 Å². The molecule has 25 heavy (non-hydrogen) atoms. The molecule has 0 spiro atoms. The Balaban J connectivity index is 1.97. The molecule has 2 N–H and O–H groups in total. The number of hydrogen-bond acceptors (Lipinski definition) is 2. The molecule has 3 rings (SSSR count). The second-order valence-corrected chi connectivity index (χ2v) is 4.98. The van der Waals surface area contributed by atoms with Crippen LogP contribution in [0.2, 0.25) is 0 Å². The standard InChI is InChI=1S/C16H7F5N2O2/c17-9-10(18)12(20)14(13(21)11(9)19)23-16(25)15(24)7-5-22-8-4-2-1-3-6(7)8/h1-5,22H,(H,23,25). The lowest BCUT2D eigenvalue weighted by atomic mass is 10.1. The van der Waals surface area contributed by atoms with Gasteiger partial charge in [0, 0.05) is 17.1 Å².